The first-order valence-electron chi connectivity index (χ1n) is 9.03. The molecule has 0 radical (unpaired) electrons. The van der Waals surface area contributed by atoms with E-state index in [1.165, 1.54) is 24.3 Å². The fraction of sp³-hybridized carbons (Fsp3) is 0.350. The molecule has 1 amide bonds. The fourth-order valence-corrected chi connectivity index (χ4v) is 3.61. The second kappa shape index (κ2) is 11.2. The second-order valence-electron chi connectivity index (χ2n) is 6.66. The SMILES string of the molecule is CCNCc1ccccc1NC(=O)c1ccc(S(=O)(=O)NCC(C)C)cc1.Cl. The lowest BCUT2D eigenvalue weighted by Gasteiger charge is -2.12. The Morgan fingerprint density at radius 3 is 2.29 bits per heavy atom. The van der Waals surface area contributed by atoms with Gasteiger partial charge in [-0.05, 0) is 48.4 Å². The first kappa shape index (κ1) is 24.1. The van der Waals surface area contributed by atoms with Gasteiger partial charge in [-0.3, -0.25) is 4.79 Å². The molecule has 3 N–H and O–H groups in total. The van der Waals surface area contributed by atoms with E-state index in [4.69, 9.17) is 0 Å². The van der Waals surface area contributed by atoms with Crippen LogP contribution in [0.4, 0.5) is 5.69 Å². The van der Waals surface area contributed by atoms with Gasteiger partial charge < -0.3 is 10.6 Å². The second-order valence-corrected chi connectivity index (χ2v) is 8.43. The van der Waals surface area contributed by atoms with Crippen molar-refractivity contribution in [3.63, 3.8) is 0 Å². The monoisotopic (exact) mass is 425 g/mol. The van der Waals surface area contributed by atoms with Gasteiger partial charge in [0.05, 0.1) is 4.90 Å². The number of sulfonamides is 1. The Hall–Kier alpha value is -1.93. The van der Waals surface area contributed by atoms with E-state index in [-0.39, 0.29) is 29.1 Å². The fourth-order valence-electron chi connectivity index (χ4n) is 2.40. The van der Waals surface area contributed by atoms with Crippen LogP contribution in [0.2, 0.25) is 0 Å². The Morgan fingerprint density at radius 2 is 1.68 bits per heavy atom. The average Bonchev–Trinajstić information content (AvgIpc) is 2.66. The first-order valence-corrected chi connectivity index (χ1v) is 10.5. The number of benzene rings is 2. The van der Waals surface area contributed by atoms with Crippen molar-refractivity contribution < 1.29 is 13.2 Å². The third kappa shape index (κ3) is 6.91. The van der Waals surface area contributed by atoms with E-state index in [1.807, 2.05) is 45.0 Å². The molecule has 0 unspecified atom stereocenters. The minimum atomic E-state index is -3.56. The van der Waals surface area contributed by atoms with Gasteiger partial charge in [0.25, 0.3) is 5.91 Å². The molecule has 0 heterocycles. The van der Waals surface area contributed by atoms with E-state index < -0.39 is 10.0 Å². The van der Waals surface area contributed by atoms with Crippen molar-refractivity contribution in [1.29, 1.82) is 0 Å². The third-order valence-corrected chi connectivity index (χ3v) is 5.38. The summed E-state index contributed by atoms with van der Waals surface area (Å²) in [6, 6.07) is 13.5. The van der Waals surface area contributed by atoms with Gasteiger partial charge in [0.1, 0.15) is 0 Å². The number of amides is 1. The molecule has 6 nitrogen and oxygen atoms in total. The summed E-state index contributed by atoms with van der Waals surface area (Å²) in [5.74, 6) is -0.0647. The Kier molecular flexibility index (Phi) is 9.61. The number of hydrogen-bond donors (Lipinski definition) is 3. The minimum Gasteiger partial charge on any atom is -0.322 e. The number of anilines is 1. The van der Waals surface area contributed by atoms with Crippen molar-refractivity contribution in [2.45, 2.75) is 32.2 Å². The molecule has 2 rings (SSSR count). The van der Waals surface area contributed by atoms with Crippen LogP contribution in [0, 0.1) is 5.92 Å². The quantitative estimate of drug-likeness (QED) is 0.574. The summed E-state index contributed by atoms with van der Waals surface area (Å²) in [6.07, 6.45) is 0. The highest BCUT2D eigenvalue weighted by Crippen LogP contribution is 2.17. The molecule has 0 aliphatic rings. The van der Waals surface area contributed by atoms with E-state index in [2.05, 4.69) is 15.4 Å². The van der Waals surface area contributed by atoms with E-state index in [1.54, 1.807) is 0 Å². The molecule has 0 bridgehead atoms. The third-order valence-electron chi connectivity index (χ3n) is 3.94. The largest absolute Gasteiger partial charge is 0.322 e. The van der Waals surface area contributed by atoms with Gasteiger partial charge in [-0.25, -0.2) is 13.1 Å². The van der Waals surface area contributed by atoms with Gasteiger partial charge in [0.15, 0.2) is 0 Å². The highest BCUT2D eigenvalue weighted by Gasteiger charge is 2.15. The van der Waals surface area contributed by atoms with E-state index in [9.17, 15) is 13.2 Å². The molecule has 0 fully saturated rings. The molecule has 2 aromatic carbocycles. The Balaban J connectivity index is 0.00000392. The van der Waals surface area contributed by atoms with E-state index in [0.717, 1.165) is 17.8 Å². The van der Waals surface area contributed by atoms with Crippen LogP contribution in [0.15, 0.2) is 53.4 Å². The molecular weight excluding hydrogens is 398 g/mol. The van der Waals surface area contributed by atoms with Gasteiger partial charge >= 0.3 is 0 Å². The minimum absolute atomic E-state index is 0. The van der Waals surface area contributed by atoms with Crippen molar-refractivity contribution in [1.82, 2.24) is 10.0 Å². The summed E-state index contributed by atoms with van der Waals surface area (Å²) in [4.78, 5) is 12.7. The van der Waals surface area contributed by atoms with Gasteiger partial charge in [0.2, 0.25) is 10.0 Å². The Bertz CT molecular complexity index is 869. The highest BCUT2D eigenvalue weighted by atomic mass is 35.5. The van der Waals surface area contributed by atoms with Crippen LogP contribution in [-0.4, -0.2) is 27.4 Å². The smallest absolute Gasteiger partial charge is 0.255 e. The number of carbonyl (C=O) groups is 1. The molecule has 8 heteroatoms. The predicted octanol–water partition coefficient (Wildman–Crippen LogP) is 3.40. The van der Waals surface area contributed by atoms with E-state index in [0.29, 0.717) is 18.7 Å². The summed E-state index contributed by atoms with van der Waals surface area (Å²) in [7, 11) is -3.56. The molecule has 0 saturated heterocycles. The Labute approximate surface area is 173 Å². The number of hydrogen-bond acceptors (Lipinski definition) is 4. The Morgan fingerprint density at radius 1 is 1.04 bits per heavy atom. The average molecular weight is 426 g/mol. The zero-order valence-electron chi connectivity index (χ0n) is 16.4. The first-order chi connectivity index (χ1) is 12.8. The molecule has 0 aliphatic carbocycles. The van der Waals surface area contributed by atoms with Gasteiger partial charge in [0, 0.05) is 24.3 Å². The number of halogens is 1. The summed E-state index contributed by atoms with van der Waals surface area (Å²) in [5, 5.41) is 6.13. The van der Waals surface area contributed by atoms with Crippen LogP contribution >= 0.6 is 12.4 Å². The summed E-state index contributed by atoms with van der Waals surface area (Å²) in [6.45, 7) is 7.75. The summed E-state index contributed by atoms with van der Waals surface area (Å²) >= 11 is 0. The van der Waals surface area contributed by atoms with Crippen molar-refractivity contribution in [3.05, 3.63) is 59.7 Å². The van der Waals surface area contributed by atoms with E-state index >= 15 is 0 Å². The molecular formula is C20H28ClN3O3S. The molecule has 0 spiro atoms. The topological polar surface area (TPSA) is 87.3 Å². The maximum Gasteiger partial charge on any atom is 0.255 e. The normalized spacial score (nSPS) is 11.1. The lowest BCUT2D eigenvalue weighted by atomic mass is 10.1. The van der Waals surface area contributed by atoms with Crippen LogP contribution in [0.1, 0.15) is 36.7 Å². The van der Waals surface area contributed by atoms with Crippen molar-refractivity contribution in [2.75, 3.05) is 18.4 Å². The van der Waals surface area contributed by atoms with Gasteiger partial charge in [-0.15, -0.1) is 12.4 Å². The lowest BCUT2D eigenvalue weighted by molar-refractivity contribution is 0.102. The van der Waals surface area contributed by atoms with Crippen LogP contribution in [0.5, 0.6) is 0 Å². The number of carbonyl (C=O) groups excluding carboxylic acids is 1. The molecule has 2 aromatic rings. The molecule has 28 heavy (non-hydrogen) atoms. The molecule has 0 saturated carbocycles. The standard InChI is InChI=1S/C20H27N3O3S.ClH/c1-4-21-14-17-7-5-6-8-19(17)23-20(24)16-9-11-18(12-10-16)27(25,26)22-13-15(2)3;/h5-12,15,21-22H,4,13-14H2,1-3H3,(H,23,24);1H. The van der Waals surface area contributed by atoms with Crippen molar-refractivity contribution in [2.24, 2.45) is 5.92 Å². The van der Waals surface area contributed by atoms with Crippen LogP contribution in [-0.2, 0) is 16.6 Å². The van der Waals surface area contributed by atoms with Crippen LogP contribution < -0.4 is 15.4 Å². The number of nitrogens with one attached hydrogen (secondary N) is 3. The van der Waals surface area contributed by atoms with Crippen molar-refractivity contribution >= 4 is 34.0 Å². The highest BCUT2D eigenvalue weighted by molar-refractivity contribution is 7.89. The molecule has 0 aromatic heterocycles. The summed E-state index contributed by atoms with van der Waals surface area (Å²) < 4.78 is 27.0. The van der Waals surface area contributed by atoms with Gasteiger partial charge in [-0.1, -0.05) is 39.0 Å². The zero-order chi connectivity index (χ0) is 19.9. The maximum absolute atomic E-state index is 12.5. The number of rotatable bonds is 9. The molecule has 0 aliphatic heterocycles. The van der Waals surface area contributed by atoms with Crippen molar-refractivity contribution in [3.8, 4) is 0 Å². The van der Waals surface area contributed by atoms with Crippen LogP contribution in [0.25, 0.3) is 0 Å². The lowest BCUT2D eigenvalue weighted by Crippen LogP contribution is -2.27. The molecule has 0 atom stereocenters. The predicted molar refractivity (Wildman–Crippen MR) is 115 cm³/mol. The van der Waals surface area contributed by atoms with Gasteiger partial charge in [-0.2, -0.15) is 0 Å². The van der Waals surface area contributed by atoms with Crippen LogP contribution in [0.3, 0.4) is 0 Å². The summed E-state index contributed by atoms with van der Waals surface area (Å²) in [5.41, 5.74) is 2.12. The molecule has 154 valence electrons. The maximum atomic E-state index is 12.5. The zero-order valence-corrected chi connectivity index (χ0v) is 18.0. The number of para-hydroxylation sites is 1.